The normalized spacial score (nSPS) is 25.6. The summed E-state index contributed by atoms with van der Waals surface area (Å²) in [4.78, 5) is 0. The minimum absolute atomic E-state index is 0.0786. The van der Waals surface area contributed by atoms with E-state index in [1.165, 1.54) is 283 Å². The Morgan fingerprint density at radius 3 is 0.733 bits per heavy atom. The van der Waals surface area contributed by atoms with Crippen LogP contribution in [-0.2, 0) is 27.1 Å². The van der Waals surface area contributed by atoms with Gasteiger partial charge >= 0.3 is 26.6 Å². The molecule has 4 aliphatic rings. The van der Waals surface area contributed by atoms with Crippen molar-refractivity contribution in [3.63, 3.8) is 0 Å². The molecule has 0 bridgehead atoms. The molecule has 510 valence electrons. The Kier molecular flexibility index (Phi) is 40.7. The van der Waals surface area contributed by atoms with E-state index in [0.717, 1.165) is 65.0 Å². The van der Waals surface area contributed by atoms with E-state index >= 15 is 0 Å². The molecule has 4 rings (SSSR count). The molecule has 0 aromatic rings. The summed E-state index contributed by atoms with van der Waals surface area (Å²) < 4.78 is 43.8. The van der Waals surface area contributed by atoms with Crippen LogP contribution in [0.5, 0.6) is 0 Å². The third-order valence-corrected chi connectivity index (χ3v) is 28.0. The highest BCUT2D eigenvalue weighted by Gasteiger charge is 2.93. The van der Waals surface area contributed by atoms with Crippen LogP contribution in [0.15, 0.2) is 0 Å². The molecule has 0 radical (unpaired) electrons. The maximum absolute atomic E-state index is 7.41. The average Bonchev–Trinajstić information content (AvgIpc) is 1.55. The van der Waals surface area contributed by atoms with E-state index in [0.29, 0.717) is 41.4 Å². The third-order valence-electron chi connectivity index (χ3n) is 22.1. The molecule has 0 aromatic carbocycles. The Labute approximate surface area is 540 Å². The minimum Gasteiger partial charge on any atom is -0.176 e. The van der Waals surface area contributed by atoms with E-state index in [1.54, 1.807) is 0 Å². The maximum Gasteiger partial charge on any atom is 0.454 e. The molecule has 2 aliphatic heterocycles. The van der Waals surface area contributed by atoms with Gasteiger partial charge in [0.15, 0.2) is 0 Å². The van der Waals surface area contributed by atoms with Gasteiger partial charge in [0, 0.05) is 24.7 Å². The molecule has 0 N–H and O–H groups in total. The zero-order valence-corrected chi connectivity index (χ0v) is 62.4. The van der Waals surface area contributed by atoms with Crippen LogP contribution in [0.4, 0.5) is 0 Å². The van der Waals surface area contributed by atoms with E-state index in [1.807, 2.05) is 0 Å². The number of hydrogen-bond acceptors (Lipinski definition) is 6. The smallest absolute Gasteiger partial charge is 0.176 e. The first-order valence-electron chi connectivity index (χ1n) is 39.3. The van der Waals surface area contributed by atoms with E-state index in [-0.39, 0.29) is 21.5 Å². The van der Waals surface area contributed by atoms with Crippen LogP contribution >= 0.6 is 15.9 Å². The number of rotatable bonds is 56. The van der Waals surface area contributed by atoms with Crippen molar-refractivity contribution >= 4 is 15.9 Å². The van der Waals surface area contributed by atoms with Gasteiger partial charge in [-0.2, -0.15) is 18.1 Å². The highest BCUT2D eigenvalue weighted by atomic mass is 31.2. The molecule has 2 spiro atoms. The third kappa shape index (κ3) is 27.2. The molecule has 4 fully saturated rings. The summed E-state index contributed by atoms with van der Waals surface area (Å²) in [6.45, 7) is 35.3. The van der Waals surface area contributed by atoms with Gasteiger partial charge in [0.1, 0.15) is 0 Å². The number of unbranched alkanes of at least 4 members (excludes halogenated alkanes) is 40. The fourth-order valence-electron chi connectivity index (χ4n) is 16.8. The predicted molar refractivity (Wildman–Crippen MR) is 379 cm³/mol. The van der Waals surface area contributed by atoms with Gasteiger partial charge in [-0.05, 0) is 78.9 Å². The van der Waals surface area contributed by atoms with Crippen molar-refractivity contribution in [3.8, 4) is 0 Å². The Balaban J connectivity index is 1.46. The minimum atomic E-state index is -2.51. The molecule has 86 heavy (non-hydrogen) atoms. The highest BCUT2D eigenvalue weighted by Crippen LogP contribution is 2.96. The van der Waals surface area contributed by atoms with Gasteiger partial charge in [-0.1, -0.05) is 360 Å². The molecule has 2 saturated carbocycles. The topological polar surface area (TPSA) is 62.0 Å². The standard InChI is InChI=1S/C78H154O6P2/c1-14-19-23-27-31-35-39-43-47-51-55-60-79-85(80-61-56-52-48-44-40-36-32-28-24-20-15-2)77(83-85)66-68(6)71(64-73(77)75(8,9)10)70(59-18-5)72-65-74(76(11,12)13)78(67-69(72)7)84-86(78,81-62-57-53-49-45-41-37-33-29-25-21-16-3)82-63-58-54-50-46-42-38-34-30-26-22-17-4/h68-74H,14-67H2,1-13H3/q+2. The fraction of sp³-hybridized carbons (Fsp3) is 1.00. The number of hydrogen-bond donors (Lipinski definition) is 0. The fourth-order valence-corrected chi connectivity index (χ4v) is 23.9. The average molecular weight is 1250 g/mol. The Hall–Kier alpha value is 0.620. The second kappa shape index (κ2) is 44.3. The van der Waals surface area contributed by atoms with Gasteiger partial charge in [0.05, 0.1) is 26.4 Å². The van der Waals surface area contributed by atoms with Crippen LogP contribution in [0, 0.1) is 52.3 Å². The van der Waals surface area contributed by atoms with Gasteiger partial charge in [0.2, 0.25) is 0 Å². The summed E-state index contributed by atoms with van der Waals surface area (Å²) >= 11 is 0. The molecular weight excluding hydrogens is 1090 g/mol. The van der Waals surface area contributed by atoms with Crippen LogP contribution in [0.3, 0.4) is 0 Å². The molecule has 0 amide bonds. The van der Waals surface area contributed by atoms with Crippen molar-refractivity contribution in [1.29, 1.82) is 0 Å². The van der Waals surface area contributed by atoms with Crippen LogP contribution in [0.1, 0.15) is 411 Å². The van der Waals surface area contributed by atoms with E-state index in [9.17, 15) is 0 Å². The van der Waals surface area contributed by atoms with Gasteiger partial charge in [-0.3, -0.25) is 0 Å². The summed E-state index contributed by atoms with van der Waals surface area (Å²) in [7, 11) is -5.02. The second-order valence-corrected chi connectivity index (χ2v) is 36.7. The Bertz CT molecular complexity index is 1460. The van der Waals surface area contributed by atoms with Gasteiger partial charge in [0.25, 0.3) is 0 Å². The summed E-state index contributed by atoms with van der Waals surface area (Å²) in [5.74, 6) is 3.85. The largest absolute Gasteiger partial charge is 0.454 e. The summed E-state index contributed by atoms with van der Waals surface area (Å²) in [6, 6.07) is 0. The first-order valence-corrected chi connectivity index (χ1v) is 42.4. The lowest BCUT2D eigenvalue weighted by atomic mass is 9.54. The van der Waals surface area contributed by atoms with Crippen molar-refractivity contribution in [1.82, 2.24) is 0 Å². The van der Waals surface area contributed by atoms with Crippen LogP contribution in [-0.4, -0.2) is 37.1 Å². The summed E-state index contributed by atoms with van der Waals surface area (Å²) in [6.07, 6.45) is 66.4. The van der Waals surface area contributed by atoms with Crippen LogP contribution < -0.4 is 0 Å². The summed E-state index contributed by atoms with van der Waals surface area (Å²) in [5, 5.41) is -0.571. The lowest BCUT2D eigenvalue weighted by Gasteiger charge is -2.50. The van der Waals surface area contributed by atoms with Crippen molar-refractivity contribution in [2.24, 2.45) is 52.3 Å². The van der Waals surface area contributed by atoms with Gasteiger partial charge in [-0.15, -0.1) is 9.05 Å². The van der Waals surface area contributed by atoms with Crippen LogP contribution in [0.2, 0.25) is 0 Å². The first-order chi connectivity index (χ1) is 41.6. The van der Waals surface area contributed by atoms with E-state index < -0.39 is 15.9 Å². The lowest BCUT2D eigenvalue weighted by molar-refractivity contribution is -0.0534. The van der Waals surface area contributed by atoms with E-state index in [2.05, 4.69) is 90.0 Å². The predicted octanol–water partition coefficient (Wildman–Crippen LogP) is 28.1. The highest BCUT2D eigenvalue weighted by molar-refractivity contribution is 7.69. The molecule has 0 aromatic heterocycles. The van der Waals surface area contributed by atoms with E-state index in [4.69, 9.17) is 27.1 Å². The molecular formula is C78H154O6P2+2. The van der Waals surface area contributed by atoms with Crippen molar-refractivity contribution in [3.05, 3.63) is 0 Å². The molecule has 2 heterocycles. The first kappa shape index (κ1) is 79.1. The van der Waals surface area contributed by atoms with Crippen molar-refractivity contribution in [2.45, 2.75) is 422 Å². The molecule has 8 atom stereocenters. The monoisotopic (exact) mass is 1250 g/mol. The molecule has 8 unspecified atom stereocenters. The van der Waals surface area contributed by atoms with Crippen molar-refractivity contribution < 1.29 is 27.1 Å². The Morgan fingerprint density at radius 2 is 0.535 bits per heavy atom. The zero-order chi connectivity index (χ0) is 62.5. The van der Waals surface area contributed by atoms with Crippen LogP contribution in [0.25, 0.3) is 0 Å². The SMILES string of the molecule is CCCCCCCCCCCCCO[P+]1(OCCCCCCCCCCCCC)OC12CC(C)C(C(CCC)C1CC(C(C)(C)C)C3(CC1C)O[P+]3(OCCCCCCCCCCCCC)OCCCCCCCCCCCCC)CC2C(C)(C)C. The Morgan fingerprint density at radius 1 is 0.326 bits per heavy atom. The maximum atomic E-state index is 7.41. The van der Waals surface area contributed by atoms with Gasteiger partial charge < -0.3 is 0 Å². The lowest BCUT2D eigenvalue weighted by Crippen LogP contribution is -2.50. The zero-order valence-electron chi connectivity index (χ0n) is 60.6. The molecule has 2 saturated heterocycles. The summed E-state index contributed by atoms with van der Waals surface area (Å²) in [5.41, 5.74) is 0.157. The second-order valence-electron chi connectivity index (χ2n) is 31.8. The molecule has 6 nitrogen and oxygen atoms in total. The quantitative estimate of drug-likeness (QED) is 0.0344. The molecule has 2 aliphatic carbocycles. The van der Waals surface area contributed by atoms with Gasteiger partial charge in [-0.25, -0.2) is 0 Å². The molecule has 8 heteroatoms. The van der Waals surface area contributed by atoms with Crippen molar-refractivity contribution in [2.75, 3.05) is 26.4 Å².